The maximum absolute atomic E-state index is 4.67. The van der Waals surface area contributed by atoms with Crippen molar-refractivity contribution in [1.82, 2.24) is 9.97 Å². The Labute approximate surface area is 90.7 Å². The van der Waals surface area contributed by atoms with E-state index in [0.29, 0.717) is 0 Å². The summed E-state index contributed by atoms with van der Waals surface area (Å²) in [5, 5.41) is 0. The maximum Gasteiger partial charge on any atom is 0.107 e. The largest absolute Gasteiger partial charge is 0.342 e. The lowest BCUT2D eigenvalue weighted by atomic mass is 10.1. The zero-order valence-corrected chi connectivity index (χ0v) is 9.51. The van der Waals surface area contributed by atoms with Gasteiger partial charge in [0.15, 0.2) is 0 Å². The van der Waals surface area contributed by atoms with Crippen LogP contribution in [0.1, 0.15) is 38.1 Å². The first-order valence-electron chi connectivity index (χ1n) is 5.81. The second-order valence-electron chi connectivity index (χ2n) is 4.00. The molecule has 0 aliphatic rings. The van der Waals surface area contributed by atoms with Crippen LogP contribution in [0.5, 0.6) is 0 Å². The summed E-state index contributed by atoms with van der Waals surface area (Å²) in [6.07, 6.45) is 4.48. The molecule has 0 saturated heterocycles. The van der Waals surface area contributed by atoms with Crippen LogP contribution in [-0.2, 0) is 12.8 Å². The van der Waals surface area contributed by atoms with Crippen molar-refractivity contribution in [3.05, 3.63) is 29.6 Å². The molecule has 2 aromatic rings. The third kappa shape index (κ3) is 2.04. The van der Waals surface area contributed by atoms with E-state index in [-0.39, 0.29) is 0 Å². The fraction of sp³-hybridized carbons (Fsp3) is 0.462. The highest BCUT2D eigenvalue weighted by Crippen LogP contribution is 2.18. The molecule has 2 rings (SSSR count). The summed E-state index contributed by atoms with van der Waals surface area (Å²) in [6, 6.07) is 6.41. The molecular formula is C13H18N2. The standard InChI is InChI=1S/C13H18N2/c1-3-6-10-8-5-9-11-13(10)15-12(14-11)7-4-2/h5,8-9H,3-4,6-7H2,1-2H3,(H,14,15). The second kappa shape index (κ2) is 4.47. The van der Waals surface area contributed by atoms with Gasteiger partial charge in [0.2, 0.25) is 0 Å². The van der Waals surface area contributed by atoms with E-state index in [1.165, 1.54) is 23.0 Å². The average Bonchev–Trinajstić information content (AvgIpc) is 2.62. The zero-order valence-electron chi connectivity index (χ0n) is 9.51. The van der Waals surface area contributed by atoms with Crippen molar-refractivity contribution >= 4 is 11.0 Å². The van der Waals surface area contributed by atoms with Crippen molar-refractivity contribution in [2.45, 2.75) is 39.5 Å². The quantitative estimate of drug-likeness (QED) is 0.808. The molecule has 0 aliphatic carbocycles. The van der Waals surface area contributed by atoms with Gasteiger partial charge in [-0.2, -0.15) is 0 Å². The van der Waals surface area contributed by atoms with E-state index in [1.54, 1.807) is 0 Å². The summed E-state index contributed by atoms with van der Waals surface area (Å²) < 4.78 is 0. The van der Waals surface area contributed by atoms with E-state index < -0.39 is 0 Å². The summed E-state index contributed by atoms with van der Waals surface area (Å²) in [4.78, 5) is 8.05. The van der Waals surface area contributed by atoms with Crippen LogP contribution in [0.15, 0.2) is 18.2 Å². The molecule has 0 amide bonds. The molecule has 1 aromatic heterocycles. The number of nitrogens with one attached hydrogen (secondary N) is 1. The van der Waals surface area contributed by atoms with Gasteiger partial charge in [0.1, 0.15) is 5.82 Å². The highest BCUT2D eigenvalue weighted by molar-refractivity contribution is 5.78. The first kappa shape index (κ1) is 10.2. The van der Waals surface area contributed by atoms with Crippen LogP contribution in [0.2, 0.25) is 0 Å². The highest BCUT2D eigenvalue weighted by Gasteiger charge is 2.05. The first-order valence-corrected chi connectivity index (χ1v) is 5.81. The fourth-order valence-electron chi connectivity index (χ4n) is 1.97. The lowest BCUT2D eigenvalue weighted by Gasteiger charge is -1.98. The van der Waals surface area contributed by atoms with Crippen LogP contribution < -0.4 is 0 Å². The van der Waals surface area contributed by atoms with Gasteiger partial charge in [0.05, 0.1) is 11.0 Å². The second-order valence-corrected chi connectivity index (χ2v) is 4.00. The SMILES string of the molecule is CCCc1nc2c(CCC)cccc2[nH]1. The van der Waals surface area contributed by atoms with E-state index in [9.17, 15) is 0 Å². The average molecular weight is 202 g/mol. The number of hydrogen-bond donors (Lipinski definition) is 1. The number of aromatic nitrogens is 2. The molecule has 0 spiro atoms. The number of fused-ring (bicyclic) bond motifs is 1. The predicted octanol–water partition coefficient (Wildman–Crippen LogP) is 3.47. The molecule has 0 radical (unpaired) electrons. The predicted molar refractivity (Wildman–Crippen MR) is 64.1 cm³/mol. The fourth-order valence-corrected chi connectivity index (χ4v) is 1.97. The number of benzene rings is 1. The topological polar surface area (TPSA) is 28.7 Å². The molecule has 0 bridgehead atoms. The molecule has 1 N–H and O–H groups in total. The Hall–Kier alpha value is -1.31. The lowest BCUT2D eigenvalue weighted by molar-refractivity contribution is 0.860. The smallest absolute Gasteiger partial charge is 0.107 e. The molecule has 0 saturated carbocycles. The minimum atomic E-state index is 1.04. The van der Waals surface area contributed by atoms with Gasteiger partial charge in [-0.3, -0.25) is 0 Å². The summed E-state index contributed by atoms with van der Waals surface area (Å²) >= 11 is 0. The molecule has 0 atom stereocenters. The van der Waals surface area contributed by atoms with E-state index in [0.717, 1.165) is 25.1 Å². The number of imidazole rings is 1. The molecule has 1 heterocycles. The number of para-hydroxylation sites is 1. The Morgan fingerprint density at radius 2 is 1.93 bits per heavy atom. The van der Waals surface area contributed by atoms with Crippen molar-refractivity contribution in [1.29, 1.82) is 0 Å². The molecule has 80 valence electrons. The summed E-state index contributed by atoms with van der Waals surface area (Å²) in [6.45, 7) is 4.39. The number of aromatic amines is 1. The molecule has 0 unspecified atom stereocenters. The Morgan fingerprint density at radius 3 is 2.67 bits per heavy atom. The Kier molecular flexibility index (Phi) is 3.05. The van der Waals surface area contributed by atoms with Crippen LogP contribution in [0.4, 0.5) is 0 Å². The van der Waals surface area contributed by atoms with Crippen LogP contribution in [0.25, 0.3) is 11.0 Å². The Bertz CT molecular complexity index is 443. The Balaban J connectivity index is 2.44. The van der Waals surface area contributed by atoms with Gasteiger partial charge < -0.3 is 4.98 Å². The molecule has 1 aromatic carbocycles. The number of nitrogens with zero attached hydrogens (tertiary/aromatic N) is 1. The number of H-pyrrole nitrogens is 1. The van der Waals surface area contributed by atoms with Crippen molar-refractivity contribution in [3.8, 4) is 0 Å². The summed E-state index contributed by atoms with van der Waals surface area (Å²) in [5.74, 6) is 1.12. The van der Waals surface area contributed by atoms with Crippen molar-refractivity contribution < 1.29 is 0 Å². The van der Waals surface area contributed by atoms with Crippen LogP contribution in [0, 0.1) is 0 Å². The molecule has 2 nitrogen and oxygen atoms in total. The summed E-state index contributed by atoms with van der Waals surface area (Å²) in [5.41, 5.74) is 3.72. The lowest BCUT2D eigenvalue weighted by Crippen LogP contribution is -1.86. The summed E-state index contributed by atoms with van der Waals surface area (Å²) in [7, 11) is 0. The number of rotatable bonds is 4. The molecule has 2 heteroatoms. The zero-order chi connectivity index (χ0) is 10.7. The number of hydrogen-bond acceptors (Lipinski definition) is 1. The normalized spacial score (nSPS) is 11.1. The Morgan fingerprint density at radius 1 is 1.13 bits per heavy atom. The van der Waals surface area contributed by atoms with Gasteiger partial charge in [-0.15, -0.1) is 0 Å². The third-order valence-corrected chi connectivity index (χ3v) is 2.65. The molecular weight excluding hydrogens is 184 g/mol. The van der Waals surface area contributed by atoms with Gasteiger partial charge in [-0.05, 0) is 24.5 Å². The van der Waals surface area contributed by atoms with Gasteiger partial charge in [0.25, 0.3) is 0 Å². The number of aryl methyl sites for hydroxylation is 2. The molecule has 0 fully saturated rings. The maximum atomic E-state index is 4.67. The third-order valence-electron chi connectivity index (χ3n) is 2.65. The van der Waals surface area contributed by atoms with Gasteiger partial charge in [0, 0.05) is 6.42 Å². The van der Waals surface area contributed by atoms with Crippen molar-refractivity contribution in [2.75, 3.05) is 0 Å². The minimum absolute atomic E-state index is 1.04. The monoisotopic (exact) mass is 202 g/mol. The highest BCUT2D eigenvalue weighted by atomic mass is 14.9. The van der Waals surface area contributed by atoms with E-state index >= 15 is 0 Å². The van der Waals surface area contributed by atoms with Crippen molar-refractivity contribution in [2.24, 2.45) is 0 Å². The first-order chi connectivity index (χ1) is 7.35. The van der Waals surface area contributed by atoms with E-state index in [1.807, 2.05) is 0 Å². The molecule has 15 heavy (non-hydrogen) atoms. The van der Waals surface area contributed by atoms with Crippen LogP contribution in [0.3, 0.4) is 0 Å². The van der Waals surface area contributed by atoms with Crippen LogP contribution >= 0.6 is 0 Å². The van der Waals surface area contributed by atoms with Gasteiger partial charge in [-0.1, -0.05) is 32.4 Å². The van der Waals surface area contributed by atoms with E-state index in [2.05, 4.69) is 42.0 Å². The van der Waals surface area contributed by atoms with E-state index in [4.69, 9.17) is 0 Å². The minimum Gasteiger partial charge on any atom is -0.342 e. The van der Waals surface area contributed by atoms with Crippen molar-refractivity contribution in [3.63, 3.8) is 0 Å². The van der Waals surface area contributed by atoms with Gasteiger partial charge >= 0.3 is 0 Å². The van der Waals surface area contributed by atoms with Crippen LogP contribution in [-0.4, -0.2) is 9.97 Å². The van der Waals surface area contributed by atoms with Gasteiger partial charge in [-0.25, -0.2) is 4.98 Å². The molecule has 0 aliphatic heterocycles.